The summed E-state index contributed by atoms with van der Waals surface area (Å²) in [6.07, 6.45) is 14.3. The molecule has 2 aliphatic carbocycles. The van der Waals surface area contributed by atoms with E-state index in [4.69, 9.17) is 5.73 Å². The van der Waals surface area contributed by atoms with Crippen LogP contribution >= 0.6 is 0 Å². The van der Waals surface area contributed by atoms with Crippen LogP contribution in [0.2, 0.25) is 0 Å². The quantitative estimate of drug-likeness (QED) is 0.704. The molecule has 1 aromatic carbocycles. The minimum Gasteiger partial charge on any atom is -0.505 e. The van der Waals surface area contributed by atoms with E-state index in [1.807, 2.05) is 6.08 Å². The first kappa shape index (κ1) is 19.3. The lowest BCUT2D eigenvalue weighted by molar-refractivity contribution is 0.394. The largest absolute Gasteiger partial charge is 0.505 e. The SMILES string of the molecule is C=C/C=C1/C[C@@](C)(c2ccc(O)c(F)c2)C=C(NC2CCCCC2)/C1=C/N. The zero-order chi connectivity index (χ0) is 19.4. The van der Waals surface area contributed by atoms with Crippen LogP contribution in [0.25, 0.3) is 0 Å². The molecule has 1 fully saturated rings. The molecule has 3 nitrogen and oxygen atoms in total. The number of halogens is 1. The van der Waals surface area contributed by atoms with Crippen LogP contribution in [0.15, 0.2) is 66.0 Å². The summed E-state index contributed by atoms with van der Waals surface area (Å²) in [6, 6.07) is 5.06. The predicted molar refractivity (Wildman–Crippen MR) is 109 cm³/mol. The molecule has 4 N–H and O–H groups in total. The first-order chi connectivity index (χ1) is 13.0. The van der Waals surface area contributed by atoms with Crippen molar-refractivity contribution in [2.45, 2.75) is 56.9 Å². The Morgan fingerprint density at radius 1 is 1.30 bits per heavy atom. The highest BCUT2D eigenvalue weighted by molar-refractivity contribution is 5.55. The van der Waals surface area contributed by atoms with Crippen molar-refractivity contribution in [3.05, 3.63) is 77.4 Å². The van der Waals surface area contributed by atoms with Gasteiger partial charge in [0, 0.05) is 28.9 Å². The van der Waals surface area contributed by atoms with E-state index in [1.54, 1.807) is 18.3 Å². The van der Waals surface area contributed by atoms with E-state index in [2.05, 4.69) is 24.9 Å². The maximum atomic E-state index is 14.0. The Labute approximate surface area is 161 Å². The van der Waals surface area contributed by atoms with E-state index in [0.717, 1.165) is 35.2 Å². The standard InChI is InChI=1S/C23H29FN2O/c1-3-7-16-13-23(2,17-10-11-22(27)20(24)12-17)14-21(19(16)15-25)26-18-8-5-4-6-9-18/h3,7,10-12,14-15,18,26-27H,1,4-6,8-9,13,25H2,2H3/b16-7-,19-15+/t23-/m1/s1. The Hall–Kier alpha value is -2.49. The maximum Gasteiger partial charge on any atom is 0.165 e. The molecule has 0 aliphatic heterocycles. The average Bonchev–Trinajstić information content (AvgIpc) is 2.65. The first-order valence-corrected chi connectivity index (χ1v) is 9.69. The number of allylic oxidation sites excluding steroid dienone is 4. The van der Waals surface area contributed by atoms with Gasteiger partial charge in [0.05, 0.1) is 0 Å². The van der Waals surface area contributed by atoms with Gasteiger partial charge >= 0.3 is 0 Å². The maximum absolute atomic E-state index is 14.0. The van der Waals surface area contributed by atoms with Gasteiger partial charge in [0.1, 0.15) is 0 Å². The smallest absolute Gasteiger partial charge is 0.165 e. The molecule has 0 bridgehead atoms. The lowest BCUT2D eigenvalue weighted by Gasteiger charge is -2.37. The Morgan fingerprint density at radius 3 is 2.67 bits per heavy atom. The van der Waals surface area contributed by atoms with Gasteiger partial charge < -0.3 is 16.2 Å². The molecule has 1 aromatic rings. The molecule has 3 rings (SSSR count). The van der Waals surface area contributed by atoms with Crippen LogP contribution in [-0.4, -0.2) is 11.1 Å². The van der Waals surface area contributed by atoms with E-state index in [0.29, 0.717) is 12.5 Å². The van der Waals surface area contributed by atoms with Crippen molar-refractivity contribution >= 4 is 0 Å². The summed E-state index contributed by atoms with van der Waals surface area (Å²) >= 11 is 0. The van der Waals surface area contributed by atoms with Crippen LogP contribution in [0.4, 0.5) is 4.39 Å². The summed E-state index contributed by atoms with van der Waals surface area (Å²) in [4.78, 5) is 0. The Bertz CT molecular complexity index is 803. The predicted octanol–water partition coefficient (Wildman–Crippen LogP) is 4.95. The minimum absolute atomic E-state index is 0.327. The van der Waals surface area contributed by atoms with E-state index < -0.39 is 11.2 Å². The van der Waals surface area contributed by atoms with Gasteiger partial charge in [-0.2, -0.15) is 0 Å². The van der Waals surface area contributed by atoms with E-state index >= 15 is 0 Å². The summed E-state index contributed by atoms with van der Waals surface area (Å²) in [6.45, 7) is 5.92. The third-order valence-electron chi connectivity index (χ3n) is 5.71. The highest BCUT2D eigenvalue weighted by Crippen LogP contribution is 2.42. The third kappa shape index (κ3) is 4.10. The van der Waals surface area contributed by atoms with Crippen molar-refractivity contribution in [1.29, 1.82) is 0 Å². The monoisotopic (exact) mass is 368 g/mol. The number of rotatable bonds is 4. The third-order valence-corrected chi connectivity index (χ3v) is 5.71. The lowest BCUT2D eigenvalue weighted by atomic mass is 9.70. The number of nitrogens with one attached hydrogen (secondary N) is 1. The normalized spacial score (nSPS) is 26.8. The van der Waals surface area contributed by atoms with Crippen LogP contribution in [0.5, 0.6) is 5.75 Å². The van der Waals surface area contributed by atoms with Gasteiger partial charge in [-0.1, -0.05) is 51.0 Å². The van der Waals surface area contributed by atoms with Crippen molar-refractivity contribution in [2.24, 2.45) is 5.73 Å². The van der Waals surface area contributed by atoms with Crippen molar-refractivity contribution in [3.8, 4) is 5.75 Å². The fourth-order valence-corrected chi connectivity index (χ4v) is 4.23. The van der Waals surface area contributed by atoms with Crippen molar-refractivity contribution in [1.82, 2.24) is 5.32 Å². The molecule has 0 radical (unpaired) electrons. The van der Waals surface area contributed by atoms with Crippen LogP contribution in [-0.2, 0) is 5.41 Å². The summed E-state index contributed by atoms with van der Waals surface area (Å²) in [5, 5.41) is 13.3. The fraction of sp³-hybridized carbons (Fsp3) is 0.391. The Balaban J connectivity index is 2.04. The van der Waals surface area contributed by atoms with Gasteiger partial charge in [0.15, 0.2) is 11.6 Å². The number of phenols is 1. The molecule has 2 aliphatic rings. The summed E-state index contributed by atoms with van der Waals surface area (Å²) in [5.74, 6) is -0.926. The van der Waals surface area contributed by atoms with Gasteiger partial charge in [-0.25, -0.2) is 4.39 Å². The fourth-order valence-electron chi connectivity index (χ4n) is 4.23. The van der Waals surface area contributed by atoms with Crippen LogP contribution in [0.1, 0.15) is 51.0 Å². The lowest BCUT2D eigenvalue weighted by Crippen LogP contribution is -2.36. The Kier molecular flexibility index (Phi) is 5.73. The molecular weight excluding hydrogens is 339 g/mol. The van der Waals surface area contributed by atoms with Crippen molar-refractivity contribution < 1.29 is 9.50 Å². The summed E-state index contributed by atoms with van der Waals surface area (Å²) < 4.78 is 14.0. The molecule has 1 atom stereocenters. The second-order valence-electron chi connectivity index (χ2n) is 7.81. The number of phenolic OH excluding ortho intramolecular Hbond substituents is 1. The molecule has 27 heavy (non-hydrogen) atoms. The van der Waals surface area contributed by atoms with Gasteiger partial charge in [0.25, 0.3) is 0 Å². The molecular formula is C23H29FN2O. The molecule has 0 unspecified atom stereocenters. The van der Waals surface area contributed by atoms with Gasteiger partial charge in [-0.3, -0.25) is 0 Å². The average molecular weight is 368 g/mol. The molecule has 0 heterocycles. The molecule has 1 saturated carbocycles. The van der Waals surface area contributed by atoms with Crippen LogP contribution < -0.4 is 11.1 Å². The van der Waals surface area contributed by atoms with E-state index in [1.165, 1.54) is 31.4 Å². The number of benzene rings is 1. The van der Waals surface area contributed by atoms with E-state index in [9.17, 15) is 9.50 Å². The number of nitrogens with two attached hydrogens (primary N) is 1. The van der Waals surface area contributed by atoms with Crippen molar-refractivity contribution in [2.75, 3.05) is 0 Å². The molecule has 4 heteroatoms. The highest BCUT2D eigenvalue weighted by Gasteiger charge is 2.34. The van der Waals surface area contributed by atoms with Gasteiger partial charge in [-0.05, 0) is 48.6 Å². The van der Waals surface area contributed by atoms with Gasteiger partial charge in [0.2, 0.25) is 0 Å². The number of hydrogen-bond acceptors (Lipinski definition) is 3. The first-order valence-electron chi connectivity index (χ1n) is 9.69. The molecule has 0 amide bonds. The second kappa shape index (κ2) is 8.03. The zero-order valence-corrected chi connectivity index (χ0v) is 16.0. The summed E-state index contributed by atoms with van der Waals surface area (Å²) in [7, 11) is 0. The number of aromatic hydroxyl groups is 1. The van der Waals surface area contributed by atoms with Crippen LogP contribution in [0, 0.1) is 5.82 Å². The number of hydrogen-bond donors (Lipinski definition) is 3. The molecule has 0 saturated heterocycles. The topological polar surface area (TPSA) is 58.3 Å². The summed E-state index contributed by atoms with van der Waals surface area (Å²) in [5.41, 5.74) is 9.45. The Morgan fingerprint density at radius 2 is 2.04 bits per heavy atom. The zero-order valence-electron chi connectivity index (χ0n) is 16.0. The van der Waals surface area contributed by atoms with Gasteiger partial charge in [-0.15, -0.1) is 0 Å². The minimum atomic E-state index is -0.599. The molecule has 144 valence electrons. The second-order valence-corrected chi connectivity index (χ2v) is 7.81. The molecule has 0 spiro atoms. The van der Waals surface area contributed by atoms with E-state index in [-0.39, 0.29) is 5.75 Å². The van der Waals surface area contributed by atoms with Crippen molar-refractivity contribution in [3.63, 3.8) is 0 Å². The highest BCUT2D eigenvalue weighted by atomic mass is 19.1. The molecule has 0 aromatic heterocycles. The van der Waals surface area contributed by atoms with Crippen LogP contribution in [0.3, 0.4) is 0 Å².